The predicted molar refractivity (Wildman–Crippen MR) is 85.5 cm³/mol. The largest absolute Gasteiger partial charge is 0.468 e. The maximum Gasteiger partial charge on any atom is 0.323 e. The van der Waals surface area contributed by atoms with E-state index in [4.69, 9.17) is 17.3 Å². The fraction of sp³-hybridized carbons (Fsp3) is 0.429. The van der Waals surface area contributed by atoms with Gasteiger partial charge in [-0.1, -0.05) is 23.7 Å². The number of rotatable bonds is 8. The summed E-state index contributed by atoms with van der Waals surface area (Å²) >= 11 is 7.18. The molecule has 1 aromatic carbocycles. The number of benzene rings is 1. The van der Waals surface area contributed by atoms with Gasteiger partial charge in [-0.3, -0.25) is 9.59 Å². The Morgan fingerprint density at radius 3 is 2.90 bits per heavy atom. The Morgan fingerprint density at radius 1 is 1.48 bits per heavy atom. The first-order valence-corrected chi connectivity index (χ1v) is 7.98. The molecule has 1 atom stereocenters. The van der Waals surface area contributed by atoms with Crippen molar-refractivity contribution >= 4 is 35.2 Å². The molecule has 21 heavy (non-hydrogen) atoms. The average molecular weight is 331 g/mol. The molecule has 0 fully saturated rings. The Hall–Kier alpha value is -1.24. The predicted octanol–water partition coefficient (Wildman–Crippen LogP) is 1.23. The highest BCUT2D eigenvalue weighted by atomic mass is 35.5. The summed E-state index contributed by atoms with van der Waals surface area (Å²) in [7, 11) is 1.29. The second-order valence-electron chi connectivity index (χ2n) is 4.37. The number of esters is 1. The standard InChI is InChI=1S/C14H19ClN2O3S/c1-20-14(19)12(16)8-21-9-13(18)17-6-5-10-3-2-4-11(15)7-10/h2-4,7,12H,5-6,8-9,16H2,1H3,(H,17,18). The Bertz CT molecular complexity index is 485. The number of nitrogens with two attached hydrogens (primary N) is 1. The molecule has 0 aromatic heterocycles. The Balaban J connectivity index is 2.15. The molecule has 0 saturated carbocycles. The third kappa shape index (κ3) is 7.36. The molecule has 1 rings (SSSR count). The molecule has 3 N–H and O–H groups in total. The van der Waals surface area contributed by atoms with Gasteiger partial charge in [-0.25, -0.2) is 0 Å². The number of hydrogen-bond donors (Lipinski definition) is 2. The summed E-state index contributed by atoms with van der Waals surface area (Å²) in [5, 5.41) is 3.49. The monoisotopic (exact) mass is 330 g/mol. The van der Waals surface area contributed by atoms with Crippen LogP contribution in [0.15, 0.2) is 24.3 Å². The lowest BCUT2D eigenvalue weighted by Gasteiger charge is -2.09. The number of amides is 1. The summed E-state index contributed by atoms with van der Waals surface area (Å²) in [6.45, 7) is 0.544. The highest BCUT2D eigenvalue weighted by Gasteiger charge is 2.14. The second-order valence-corrected chi connectivity index (χ2v) is 5.84. The zero-order valence-corrected chi connectivity index (χ0v) is 13.4. The van der Waals surface area contributed by atoms with Crippen LogP contribution in [-0.2, 0) is 20.7 Å². The molecule has 0 saturated heterocycles. The number of nitrogens with one attached hydrogen (secondary N) is 1. The van der Waals surface area contributed by atoms with Gasteiger partial charge in [0.25, 0.3) is 0 Å². The van der Waals surface area contributed by atoms with Crippen LogP contribution in [0.3, 0.4) is 0 Å². The first-order chi connectivity index (χ1) is 10.0. The summed E-state index contributed by atoms with van der Waals surface area (Å²) in [5.41, 5.74) is 6.64. The van der Waals surface area contributed by atoms with Crippen LogP contribution < -0.4 is 11.1 Å². The summed E-state index contributed by atoms with van der Waals surface area (Å²) in [5.74, 6) is 0.0669. The van der Waals surface area contributed by atoms with Gasteiger partial charge in [0.1, 0.15) is 6.04 Å². The molecule has 1 aromatic rings. The molecule has 0 heterocycles. The maximum atomic E-state index is 11.6. The van der Waals surface area contributed by atoms with E-state index in [0.717, 1.165) is 12.0 Å². The number of carbonyl (C=O) groups is 2. The number of thioether (sulfide) groups is 1. The van der Waals surface area contributed by atoms with Gasteiger partial charge < -0.3 is 15.8 Å². The third-order valence-corrected chi connectivity index (χ3v) is 3.96. The Labute approximate surface area is 133 Å². The van der Waals surface area contributed by atoms with Crippen molar-refractivity contribution in [1.82, 2.24) is 5.32 Å². The minimum absolute atomic E-state index is 0.0842. The van der Waals surface area contributed by atoms with Crippen LogP contribution in [0.4, 0.5) is 0 Å². The summed E-state index contributed by atoms with van der Waals surface area (Å²) < 4.78 is 4.50. The van der Waals surface area contributed by atoms with E-state index in [1.165, 1.54) is 18.9 Å². The second kappa shape index (κ2) is 9.65. The first-order valence-electron chi connectivity index (χ1n) is 6.45. The smallest absolute Gasteiger partial charge is 0.323 e. The van der Waals surface area contributed by atoms with Crippen LogP contribution in [0, 0.1) is 0 Å². The van der Waals surface area contributed by atoms with Gasteiger partial charge >= 0.3 is 5.97 Å². The van der Waals surface area contributed by atoms with Crippen LogP contribution in [0.25, 0.3) is 0 Å². The van der Waals surface area contributed by atoms with Crippen LogP contribution in [0.1, 0.15) is 5.56 Å². The van der Waals surface area contributed by atoms with Crippen molar-refractivity contribution in [1.29, 1.82) is 0 Å². The van der Waals surface area contributed by atoms with Crippen LogP contribution in [-0.4, -0.2) is 43.1 Å². The van der Waals surface area contributed by atoms with Crippen molar-refractivity contribution in [3.8, 4) is 0 Å². The molecule has 0 aliphatic heterocycles. The number of carbonyl (C=O) groups excluding carboxylic acids is 2. The molecule has 0 aliphatic carbocycles. The fourth-order valence-corrected chi connectivity index (χ4v) is 2.60. The van der Waals surface area contributed by atoms with E-state index in [9.17, 15) is 9.59 Å². The van der Waals surface area contributed by atoms with Crippen molar-refractivity contribution in [3.63, 3.8) is 0 Å². The molecule has 1 unspecified atom stereocenters. The molecule has 0 spiro atoms. The SMILES string of the molecule is COC(=O)C(N)CSCC(=O)NCCc1cccc(Cl)c1. The topological polar surface area (TPSA) is 81.4 Å². The molecular formula is C14H19ClN2O3S. The van der Waals surface area contributed by atoms with Crippen molar-refractivity contribution in [3.05, 3.63) is 34.9 Å². The van der Waals surface area contributed by atoms with E-state index in [2.05, 4.69) is 10.1 Å². The minimum atomic E-state index is -0.695. The first kappa shape index (κ1) is 17.8. The molecular weight excluding hydrogens is 312 g/mol. The van der Waals surface area contributed by atoms with E-state index in [0.29, 0.717) is 17.3 Å². The van der Waals surface area contributed by atoms with Crippen molar-refractivity contribution in [2.45, 2.75) is 12.5 Å². The van der Waals surface area contributed by atoms with E-state index in [1.807, 2.05) is 24.3 Å². The van der Waals surface area contributed by atoms with Gasteiger partial charge in [0.15, 0.2) is 0 Å². The zero-order chi connectivity index (χ0) is 15.7. The van der Waals surface area contributed by atoms with Gasteiger partial charge in [-0.15, -0.1) is 11.8 Å². The van der Waals surface area contributed by atoms with E-state index in [-0.39, 0.29) is 11.7 Å². The van der Waals surface area contributed by atoms with Gasteiger partial charge in [-0.05, 0) is 24.1 Å². The average Bonchev–Trinajstić information content (AvgIpc) is 2.46. The van der Waals surface area contributed by atoms with E-state index >= 15 is 0 Å². The Morgan fingerprint density at radius 2 is 2.24 bits per heavy atom. The van der Waals surface area contributed by atoms with Crippen LogP contribution in [0.5, 0.6) is 0 Å². The number of hydrogen-bond acceptors (Lipinski definition) is 5. The fourth-order valence-electron chi connectivity index (χ4n) is 1.59. The van der Waals surface area contributed by atoms with Gasteiger partial charge in [0.2, 0.25) is 5.91 Å². The summed E-state index contributed by atoms with van der Waals surface area (Å²) in [4.78, 5) is 22.7. The number of methoxy groups -OCH3 is 1. The normalized spacial score (nSPS) is 11.8. The molecule has 0 radical (unpaired) electrons. The van der Waals surface area contributed by atoms with Gasteiger partial charge in [0.05, 0.1) is 12.9 Å². The lowest BCUT2D eigenvalue weighted by molar-refractivity contribution is -0.141. The molecule has 116 valence electrons. The highest BCUT2D eigenvalue weighted by molar-refractivity contribution is 8.00. The number of halogens is 1. The Kier molecular flexibility index (Phi) is 8.19. The highest BCUT2D eigenvalue weighted by Crippen LogP contribution is 2.10. The summed E-state index contributed by atoms with van der Waals surface area (Å²) in [6.07, 6.45) is 0.721. The molecule has 5 nitrogen and oxygen atoms in total. The molecule has 0 aliphatic rings. The third-order valence-electron chi connectivity index (χ3n) is 2.66. The lowest BCUT2D eigenvalue weighted by Crippen LogP contribution is -2.35. The number of ether oxygens (including phenoxy) is 1. The maximum absolute atomic E-state index is 11.6. The lowest BCUT2D eigenvalue weighted by atomic mass is 10.1. The van der Waals surface area contributed by atoms with E-state index < -0.39 is 12.0 Å². The van der Waals surface area contributed by atoms with Gasteiger partial charge in [-0.2, -0.15) is 0 Å². The van der Waals surface area contributed by atoms with Crippen LogP contribution in [0.2, 0.25) is 5.02 Å². The molecule has 0 bridgehead atoms. The van der Waals surface area contributed by atoms with E-state index in [1.54, 1.807) is 0 Å². The minimum Gasteiger partial charge on any atom is -0.468 e. The van der Waals surface area contributed by atoms with Crippen LogP contribution >= 0.6 is 23.4 Å². The molecule has 7 heteroatoms. The van der Waals surface area contributed by atoms with Crippen molar-refractivity contribution in [2.24, 2.45) is 5.73 Å². The van der Waals surface area contributed by atoms with Crippen molar-refractivity contribution in [2.75, 3.05) is 25.2 Å². The zero-order valence-electron chi connectivity index (χ0n) is 11.8. The summed E-state index contributed by atoms with van der Waals surface area (Å²) in [6, 6.07) is 6.83. The molecule has 1 amide bonds. The van der Waals surface area contributed by atoms with Crippen molar-refractivity contribution < 1.29 is 14.3 Å². The quantitative estimate of drug-likeness (QED) is 0.701. The van der Waals surface area contributed by atoms with Gasteiger partial charge in [0, 0.05) is 17.3 Å².